The van der Waals surface area contributed by atoms with Crippen molar-refractivity contribution in [3.8, 4) is 5.69 Å². The minimum atomic E-state index is -2.25. The van der Waals surface area contributed by atoms with Crippen molar-refractivity contribution in [2.45, 2.75) is 20.8 Å². The van der Waals surface area contributed by atoms with Crippen molar-refractivity contribution in [2.75, 3.05) is 20.1 Å². The van der Waals surface area contributed by atoms with Crippen LogP contribution >= 0.6 is 17.7 Å². The van der Waals surface area contributed by atoms with E-state index >= 15 is 0 Å². The summed E-state index contributed by atoms with van der Waals surface area (Å²) in [6, 6.07) is 14.4. The molecule has 0 amide bonds. The molecule has 0 N–H and O–H groups in total. The van der Waals surface area contributed by atoms with Crippen molar-refractivity contribution in [3.05, 3.63) is 58.4 Å². The van der Waals surface area contributed by atoms with Crippen molar-refractivity contribution >= 4 is 46.4 Å². The van der Waals surface area contributed by atoms with Crippen molar-refractivity contribution in [2.24, 2.45) is 4.99 Å². The number of hydrogen-bond acceptors (Lipinski definition) is 4. The first kappa shape index (κ1) is 19.5. The highest BCUT2D eigenvalue weighted by molar-refractivity contribution is 8.16. The van der Waals surface area contributed by atoms with E-state index in [2.05, 4.69) is 66.8 Å². The lowest BCUT2D eigenvalue weighted by Crippen LogP contribution is -2.41. The summed E-state index contributed by atoms with van der Waals surface area (Å²) in [6.45, 7) is 8.20. The summed E-state index contributed by atoms with van der Waals surface area (Å²) in [7, 11) is 2.10. The van der Waals surface area contributed by atoms with Gasteiger partial charge in [0, 0.05) is 20.1 Å². The molecule has 0 unspecified atom stereocenters. The first-order valence-electron chi connectivity index (χ1n) is 9.40. The molecule has 28 heavy (non-hydrogen) atoms. The van der Waals surface area contributed by atoms with E-state index in [1.807, 2.05) is 22.9 Å². The number of fused-ring (bicyclic) bond motifs is 1. The molecule has 1 aliphatic rings. The Labute approximate surface area is 175 Å². The van der Waals surface area contributed by atoms with Crippen LogP contribution in [0.15, 0.2) is 52.8 Å². The lowest BCUT2D eigenvalue weighted by atomic mass is 10.3. The van der Waals surface area contributed by atoms with Gasteiger partial charge in [-0.25, -0.2) is 9.67 Å². The topological polar surface area (TPSA) is 36.7 Å². The highest BCUT2D eigenvalue weighted by Crippen LogP contribution is 2.57. The zero-order chi connectivity index (χ0) is 19.9. The number of para-hydroxylation sites is 1. The molecule has 0 saturated heterocycles. The van der Waals surface area contributed by atoms with Crippen LogP contribution in [0.3, 0.4) is 0 Å². The third kappa shape index (κ3) is 2.89. The van der Waals surface area contributed by atoms with E-state index in [-0.39, 0.29) is 0 Å². The normalized spacial score (nSPS) is 19.0. The molecule has 1 aromatic carbocycles. The number of amidine groups is 1. The van der Waals surface area contributed by atoms with Gasteiger partial charge in [-0.3, -0.25) is 4.67 Å². The highest BCUT2D eigenvalue weighted by Gasteiger charge is 2.42. The summed E-state index contributed by atoms with van der Waals surface area (Å²) >= 11 is 8.18. The molecule has 0 saturated carbocycles. The molecular weight excluding hydrogens is 405 g/mol. The Morgan fingerprint density at radius 3 is 2.43 bits per heavy atom. The Morgan fingerprint density at radius 1 is 1.11 bits per heavy atom. The van der Waals surface area contributed by atoms with Crippen molar-refractivity contribution in [1.82, 2.24) is 19.1 Å². The SMILES string of the molecule is CCN(CC)[P@]1(=S)c2c(C)nn(-c3ccccc3)c2N=C(c2cccs2)N1C. The Bertz CT molecular complexity index is 1050. The second-order valence-electron chi connectivity index (χ2n) is 6.62. The van der Waals surface area contributed by atoms with E-state index in [4.69, 9.17) is 21.9 Å². The summed E-state index contributed by atoms with van der Waals surface area (Å²) < 4.78 is 6.61. The monoisotopic (exact) mass is 429 g/mol. The molecule has 0 spiro atoms. The molecule has 8 heteroatoms. The average molecular weight is 430 g/mol. The average Bonchev–Trinajstić information content (AvgIpc) is 3.34. The minimum absolute atomic E-state index is 0.875. The Kier molecular flexibility index (Phi) is 5.27. The van der Waals surface area contributed by atoms with E-state index in [1.54, 1.807) is 11.3 Å². The fourth-order valence-corrected chi connectivity index (χ4v) is 9.10. The fraction of sp³-hybridized carbons (Fsp3) is 0.300. The van der Waals surface area contributed by atoms with Crippen LogP contribution in [-0.2, 0) is 11.8 Å². The van der Waals surface area contributed by atoms with E-state index < -0.39 is 6.34 Å². The van der Waals surface area contributed by atoms with Crippen LogP contribution in [0, 0.1) is 6.92 Å². The molecule has 0 bridgehead atoms. The Morgan fingerprint density at radius 2 is 1.82 bits per heavy atom. The van der Waals surface area contributed by atoms with Gasteiger partial charge >= 0.3 is 0 Å². The van der Waals surface area contributed by atoms with Crippen LogP contribution in [0.2, 0.25) is 0 Å². The second kappa shape index (κ2) is 7.56. The summed E-state index contributed by atoms with van der Waals surface area (Å²) in [6.07, 6.45) is -2.25. The van der Waals surface area contributed by atoms with E-state index in [0.29, 0.717) is 0 Å². The number of benzene rings is 1. The predicted octanol–water partition coefficient (Wildman–Crippen LogP) is 4.54. The molecule has 3 aromatic rings. The van der Waals surface area contributed by atoms with Crippen LogP contribution in [0.1, 0.15) is 24.4 Å². The summed E-state index contributed by atoms with van der Waals surface area (Å²) in [5, 5.41) is 8.07. The third-order valence-corrected chi connectivity index (χ3v) is 11.4. The minimum Gasteiger partial charge on any atom is -0.315 e. The number of rotatable bonds is 5. The van der Waals surface area contributed by atoms with Gasteiger partial charge in [0.25, 0.3) is 0 Å². The van der Waals surface area contributed by atoms with Gasteiger partial charge in [-0.15, -0.1) is 11.3 Å². The largest absolute Gasteiger partial charge is 0.315 e. The number of hydrogen-bond donors (Lipinski definition) is 0. The van der Waals surface area contributed by atoms with E-state index in [9.17, 15) is 0 Å². The second-order valence-corrected chi connectivity index (χ2v) is 11.8. The number of aliphatic imine (C=N–C) groups is 1. The molecule has 146 valence electrons. The quantitative estimate of drug-likeness (QED) is 0.558. The van der Waals surface area contributed by atoms with Crippen LogP contribution in [0.25, 0.3) is 5.69 Å². The molecule has 3 heterocycles. The van der Waals surface area contributed by atoms with Gasteiger partial charge in [0.05, 0.1) is 21.6 Å². The zero-order valence-corrected chi connectivity index (χ0v) is 19.1. The van der Waals surface area contributed by atoms with Crippen LogP contribution in [0.4, 0.5) is 5.82 Å². The molecule has 0 aliphatic carbocycles. The van der Waals surface area contributed by atoms with Gasteiger partial charge in [-0.1, -0.05) is 49.9 Å². The molecule has 2 aromatic heterocycles. The van der Waals surface area contributed by atoms with Gasteiger partial charge in [-0.2, -0.15) is 5.10 Å². The maximum absolute atomic E-state index is 6.49. The van der Waals surface area contributed by atoms with Crippen LogP contribution < -0.4 is 5.30 Å². The first-order chi connectivity index (χ1) is 13.5. The number of thiophene rings is 1. The highest BCUT2D eigenvalue weighted by atomic mass is 32.4. The maximum Gasteiger partial charge on any atom is 0.169 e. The van der Waals surface area contributed by atoms with Crippen molar-refractivity contribution in [1.29, 1.82) is 0 Å². The molecule has 0 fully saturated rings. The van der Waals surface area contributed by atoms with Gasteiger partial charge in [0.2, 0.25) is 0 Å². The smallest absolute Gasteiger partial charge is 0.169 e. The lowest BCUT2D eigenvalue weighted by molar-refractivity contribution is 0.487. The molecule has 1 aliphatic heterocycles. The lowest BCUT2D eigenvalue weighted by Gasteiger charge is -2.43. The Hall–Kier alpha value is -1.79. The standard InChI is InChI=1S/C20H24N5PS2/c1-5-24(6-2)26(27)18-15(3)22-25(16-11-8-7-9-12-16)20(18)21-19(23(26)4)17-13-10-14-28-17/h7-14H,5-6H2,1-4H3/t26-/m0/s1. The predicted molar refractivity (Wildman–Crippen MR) is 123 cm³/mol. The summed E-state index contributed by atoms with van der Waals surface area (Å²) in [4.78, 5) is 6.23. The van der Waals surface area contributed by atoms with Gasteiger partial charge in [-0.05, 0) is 30.5 Å². The maximum atomic E-state index is 6.49. The van der Waals surface area contributed by atoms with Gasteiger partial charge in [0.1, 0.15) is 6.34 Å². The summed E-state index contributed by atoms with van der Waals surface area (Å²) in [5.74, 6) is 1.82. The number of aromatic nitrogens is 2. The van der Waals surface area contributed by atoms with E-state index in [0.717, 1.165) is 46.3 Å². The number of nitrogens with zero attached hydrogens (tertiary/aromatic N) is 5. The van der Waals surface area contributed by atoms with Crippen molar-refractivity contribution < 1.29 is 0 Å². The van der Waals surface area contributed by atoms with Gasteiger partial charge in [0.15, 0.2) is 11.7 Å². The van der Waals surface area contributed by atoms with E-state index in [1.165, 1.54) is 0 Å². The molecule has 1 atom stereocenters. The third-order valence-electron chi connectivity index (χ3n) is 5.08. The molecular formula is C20H24N5PS2. The molecule has 4 rings (SSSR count). The van der Waals surface area contributed by atoms with Gasteiger partial charge < -0.3 is 4.67 Å². The number of aryl methyl sites for hydroxylation is 1. The van der Waals surface area contributed by atoms with Crippen molar-refractivity contribution in [3.63, 3.8) is 0 Å². The Balaban J connectivity index is 2.04. The summed E-state index contributed by atoms with van der Waals surface area (Å²) in [5.41, 5.74) is 1.97. The first-order valence-corrected chi connectivity index (χ1v) is 13.0. The van der Waals surface area contributed by atoms with Crippen LogP contribution in [-0.4, -0.2) is 45.1 Å². The zero-order valence-electron chi connectivity index (χ0n) is 16.5. The molecule has 0 radical (unpaired) electrons. The fourth-order valence-electron chi connectivity index (χ4n) is 3.71. The van der Waals surface area contributed by atoms with Crippen LogP contribution in [0.5, 0.6) is 0 Å². The molecule has 5 nitrogen and oxygen atoms in total.